The molecule has 6 heteroatoms. The van der Waals surface area contributed by atoms with Gasteiger partial charge in [-0.05, 0) is 31.4 Å². The van der Waals surface area contributed by atoms with Crippen molar-refractivity contribution in [3.8, 4) is 0 Å². The molecule has 0 fully saturated rings. The SMILES string of the molecule is Cc1cc(=O)oc(C)c1C(=O)OCC(=O)NCCc1ccccc1. The number of aryl methyl sites for hydroxylation is 2. The van der Waals surface area contributed by atoms with E-state index in [9.17, 15) is 14.4 Å². The average molecular weight is 329 g/mol. The number of carbonyl (C=O) groups excluding carboxylic acids is 2. The number of carbonyl (C=O) groups is 2. The van der Waals surface area contributed by atoms with Crippen LogP contribution in [0.3, 0.4) is 0 Å². The van der Waals surface area contributed by atoms with Gasteiger partial charge in [0.1, 0.15) is 11.3 Å². The van der Waals surface area contributed by atoms with Crippen molar-refractivity contribution in [3.05, 3.63) is 69.3 Å². The zero-order valence-electron chi connectivity index (χ0n) is 13.6. The molecule has 0 saturated carbocycles. The summed E-state index contributed by atoms with van der Waals surface area (Å²) in [4.78, 5) is 35.0. The summed E-state index contributed by atoms with van der Waals surface area (Å²) in [5.74, 6) is -0.895. The van der Waals surface area contributed by atoms with Gasteiger partial charge in [0.15, 0.2) is 6.61 Å². The highest BCUT2D eigenvalue weighted by Gasteiger charge is 2.17. The number of nitrogens with one attached hydrogen (secondary N) is 1. The Kier molecular flexibility index (Phi) is 5.89. The lowest BCUT2D eigenvalue weighted by atomic mass is 10.1. The molecule has 2 rings (SSSR count). The highest BCUT2D eigenvalue weighted by Crippen LogP contribution is 2.12. The number of benzene rings is 1. The van der Waals surface area contributed by atoms with Crippen molar-refractivity contribution in [3.63, 3.8) is 0 Å². The van der Waals surface area contributed by atoms with Gasteiger partial charge in [-0.3, -0.25) is 4.79 Å². The first-order valence-electron chi connectivity index (χ1n) is 7.56. The van der Waals surface area contributed by atoms with Gasteiger partial charge >= 0.3 is 11.6 Å². The van der Waals surface area contributed by atoms with E-state index in [1.54, 1.807) is 6.92 Å². The number of rotatable bonds is 6. The van der Waals surface area contributed by atoms with Gasteiger partial charge in [-0.15, -0.1) is 0 Å². The quantitative estimate of drug-likeness (QED) is 0.816. The molecule has 0 unspecified atom stereocenters. The Morgan fingerprint density at radius 3 is 2.54 bits per heavy atom. The minimum Gasteiger partial charge on any atom is -0.452 e. The van der Waals surface area contributed by atoms with E-state index in [0.717, 1.165) is 5.56 Å². The number of hydrogen-bond acceptors (Lipinski definition) is 5. The van der Waals surface area contributed by atoms with Crippen LogP contribution in [-0.4, -0.2) is 25.0 Å². The fraction of sp³-hybridized carbons (Fsp3) is 0.278. The third kappa shape index (κ3) is 4.81. The zero-order valence-corrected chi connectivity index (χ0v) is 13.6. The molecule has 1 amide bonds. The minimum atomic E-state index is -0.688. The molecular formula is C18H19NO5. The summed E-state index contributed by atoms with van der Waals surface area (Å²) in [6.45, 7) is 3.19. The van der Waals surface area contributed by atoms with Gasteiger partial charge in [0, 0.05) is 12.6 Å². The minimum absolute atomic E-state index is 0.173. The van der Waals surface area contributed by atoms with Crippen molar-refractivity contribution in [1.82, 2.24) is 5.32 Å². The molecule has 1 N–H and O–H groups in total. The van der Waals surface area contributed by atoms with Crippen LogP contribution in [0.25, 0.3) is 0 Å². The summed E-state index contributed by atoms with van der Waals surface area (Å²) < 4.78 is 9.86. The summed E-state index contributed by atoms with van der Waals surface area (Å²) in [6.07, 6.45) is 0.697. The number of hydrogen-bond donors (Lipinski definition) is 1. The molecule has 0 radical (unpaired) electrons. The molecule has 0 aliphatic heterocycles. The smallest absolute Gasteiger partial charge is 0.342 e. The predicted molar refractivity (Wildman–Crippen MR) is 87.9 cm³/mol. The van der Waals surface area contributed by atoms with E-state index in [0.29, 0.717) is 18.5 Å². The van der Waals surface area contributed by atoms with Crippen LogP contribution in [0.2, 0.25) is 0 Å². The molecule has 0 atom stereocenters. The lowest BCUT2D eigenvalue weighted by Crippen LogP contribution is -2.30. The Balaban J connectivity index is 1.81. The molecule has 1 heterocycles. The van der Waals surface area contributed by atoms with Gasteiger partial charge in [-0.2, -0.15) is 0 Å². The predicted octanol–water partition coefficient (Wildman–Crippen LogP) is 1.77. The molecular weight excluding hydrogens is 310 g/mol. The van der Waals surface area contributed by atoms with E-state index in [2.05, 4.69) is 5.32 Å². The lowest BCUT2D eigenvalue weighted by molar-refractivity contribution is -0.124. The van der Waals surface area contributed by atoms with E-state index in [1.165, 1.54) is 13.0 Å². The monoisotopic (exact) mass is 329 g/mol. The first-order chi connectivity index (χ1) is 11.5. The van der Waals surface area contributed by atoms with Crippen LogP contribution in [0.4, 0.5) is 0 Å². The van der Waals surface area contributed by atoms with Gasteiger partial charge in [-0.25, -0.2) is 9.59 Å². The summed E-state index contributed by atoms with van der Waals surface area (Å²) in [5.41, 5.74) is 1.21. The van der Waals surface area contributed by atoms with E-state index >= 15 is 0 Å². The van der Waals surface area contributed by atoms with E-state index in [-0.39, 0.29) is 23.8 Å². The highest BCUT2D eigenvalue weighted by atomic mass is 16.5. The van der Waals surface area contributed by atoms with Crippen LogP contribution in [-0.2, 0) is 16.0 Å². The van der Waals surface area contributed by atoms with Gasteiger partial charge in [0.05, 0.1) is 0 Å². The van der Waals surface area contributed by atoms with Gasteiger partial charge in [0.25, 0.3) is 5.91 Å². The molecule has 0 saturated heterocycles. The van der Waals surface area contributed by atoms with Gasteiger partial charge < -0.3 is 14.5 Å². The summed E-state index contributed by atoms with van der Waals surface area (Å²) in [7, 11) is 0. The van der Waals surface area contributed by atoms with E-state index < -0.39 is 11.6 Å². The van der Waals surface area contributed by atoms with Crippen LogP contribution in [0.15, 0.2) is 45.6 Å². The third-order valence-electron chi connectivity index (χ3n) is 3.45. The summed E-state index contributed by atoms with van der Waals surface area (Å²) >= 11 is 0. The summed E-state index contributed by atoms with van der Waals surface area (Å²) in [6, 6.07) is 11.0. The van der Waals surface area contributed by atoms with Gasteiger partial charge in [-0.1, -0.05) is 30.3 Å². The van der Waals surface area contributed by atoms with Crippen LogP contribution < -0.4 is 10.9 Å². The first kappa shape index (κ1) is 17.5. The second-order valence-electron chi connectivity index (χ2n) is 5.34. The maximum Gasteiger partial charge on any atom is 0.342 e. The number of amides is 1. The zero-order chi connectivity index (χ0) is 17.5. The first-order valence-corrected chi connectivity index (χ1v) is 7.56. The van der Waals surface area contributed by atoms with Crippen molar-refractivity contribution in [1.29, 1.82) is 0 Å². The molecule has 0 spiro atoms. The normalized spacial score (nSPS) is 10.2. The Hall–Kier alpha value is -2.89. The van der Waals surface area contributed by atoms with Crippen molar-refractivity contribution in [2.24, 2.45) is 0 Å². The topological polar surface area (TPSA) is 85.6 Å². The molecule has 2 aromatic rings. The summed E-state index contributed by atoms with van der Waals surface area (Å²) in [5, 5.41) is 2.69. The lowest BCUT2D eigenvalue weighted by Gasteiger charge is -2.09. The second-order valence-corrected chi connectivity index (χ2v) is 5.34. The Morgan fingerprint density at radius 2 is 1.88 bits per heavy atom. The third-order valence-corrected chi connectivity index (χ3v) is 3.45. The fourth-order valence-electron chi connectivity index (χ4n) is 2.31. The Bertz CT molecular complexity index is 753. The van der Waals surface area contributed by atoms with Crippen molar-refractivity contribution in [2.45, 2.75) is 20.3 Å². The molecule has 6 nitrogen and oxygen atoms in total. The molecule has 0 bridgehead atoms. The van der Waals surface area contributed by atoms with Gasteiger partial charge in [0.2, 0.25) is 0 Å². The molecule has 126 valence electrons. The molecule has 1 aromatic carbocycles. The molecule has 0 aliphatic rings. The van der Waals surface area contributed by atoms with Crippen molar-refractivity contribution < 1.29 is 18.7 Å². The second kappa shape index (κ2) is 8.10. The number of ether oxygens (including phenoxy) is 1. The van der Waals surface area contributed by atoms with E-state index in [4.69, 9.17) is 9.15 Å². The molecule has 1 aromatic heterocycles. The van der Waals surface area contributed by atoms with E-state index in [1.807, 2.05) is 30.3 Å². The molecule has 24 heavy (non-hydrogen) atoms. The number of esters is 1. The molecule has 0 aliphatic carbocycles. The van der Waals surface area contributed by atoms with Crippen molar-refractivity contribution in [2.75, 3.05) is 13.2 Å². The maximum absolute atomic E-state index is 12.0. The highest BCUT2D eigenvalue weighted by molar-refractivity contribution is 5.93. The van der Waals surface area contributed by atoms with Crippen LogP contribution in [0, 0.1) is 13.8 Å². The standard InChI is InChI=1S/C18H19NO5/c1-12-10-16(21)24-13(2)17(12)18(22)23-11-15(20)19-9-8-14-6-4-3-5-7-14/h3-7,10H,8-9,11H2,1-2H3,(H,19,20). The fourth-order valence-corrected chi connectivity index (χ4v) is 2.31. The Morgan fingerprint density at radius 1 is 1.17 bits per heavy atom. The van der Waals surface area contributed by atoms with Crippen LogP contribution in [0.1, 0.15) is 27.2 Å². The average Bonchev–Trinajstić information content (AvgIpc) is 2.53. The largest absolute Gasteiger partial charge is 0.452 e. The van der Waals surface area contributed by atoms with Crippen molar-refractivity contribution >= 4 is 11.9 Å². The van der Waals surface area contributed by atoms with Crippen LogP contribution in [0.5, 0.6) is 0 Å². The Labute approximate surface area is 139 Å². The maximum atomic E-state index is 12.0. The van der Waals surface area contributed by atoms with Crippen LogP contribution >= 0.6 is 0 Å².